The molecule has 0 radical (unpaired) electrons. The van der Waals surface area contributed by atoms with E-state index in [1.165, 1.54) is 6.42 Å². The summed E-state index contributed by atoms with van der Waals surface area (Å²) in [4.78, 5) is 0. The molecule has 1 fully saturated rings. The first kappa shape index (κ1) is 26.5. The number of hydrogen-bond donors (Lipinski definition) is 2. The Balaban J connectivity index is 3.13. The van der Waals surface area contributed by atoms with Crippen molar-refractivity contribution < 1.29 is 0 Å². The maximum Gasteiger partial charge on any atom is 0.0173 e. The molecule has 166 valence electrons. The number of hydrogen-bond acceptors (Lipinski definition) is 2. The smallest absolute Gasteiger partial charge is 0.0173 e. The molecule has 1 aliphatic carbocycles. The van der Waals surface area contributed by atoms with Crippen LogP contribution < -0.4 is 0 Å². The molecule has 0 aromatic heterocycles. The van der Waals surface area contributed by atoms with E-state index >= 15 is 0 Å². The van der Waals surface area contributed by atoms with Crippen LogP contribution in [0.15, 0.2) is 12.7 Å². The van der Waals surface area contributed by atoms with Crippen molar-refractivity contribution in [2.75, 3.05) is 0 Å². The third kappa shape index (κ3) is 5.37. The molecule has 0 aliphatic heterocycles. The van der Waals surface area contributed by atoms with Crippen LogP contribution in [0.2, 0.25) is 0 Å². The van der Waals surface area contributed by atoms with Crippen LogP contribution in [0.3, 0.4) is 0 Å². The van der Waals surface area contributed by atoms with Crippen LogP contribution >= 0.6 is 25.3 Å². The average molecular weight is 427 g/mol. The second kappa shape index (κ2) is 11.2. The highest BCUT2D eigenvalue weighted by atomic mass is 32.1. The first-order chi connectivity index (χ1) is 12.9. The van der Waals surface area contributed by atoms with Crippen molar-refractivity contribution >= 4 is 25.3 Å². The van der Waals surface area contributed by atoms with Crippen molar-refractivity contribution in [2.24, 2.45) is 65.1 Å². The molecule has 2 heteroatoms. The van der Waals surface area contributed by atoms with Crippen molar-refractivity contribution in [1.29, 1.82) is 0 Å². The first-order valence-electron chi connectivity index (χ1n) is 11.9. The van der Waals surface area contributed by atoms with Crippen molar-refractivity contribution in [1.82, 2.24) is 0 Å². The van der Waals surface area contributed by atoms with E-state index in [2.05, 4.69) is 81.9 Å². The van der Waals surface area contributed by atoms with Gasteiger partial charge in [-0.1, -0.05) is 81.7 Å². The summed E-state index contributed by atoms with van der Waals surface area (Å²) in [6, 6.07) is 0. The minimum atomic E-state index is 0.305. The normalized spacial score (nSPS) is 37.8. The van der Waals surface area contributed by atoms with Gasteiger partial charge in [-0.15, -0.1) is 6.58 Å². The molecular weight excluding hydrogens is 376 g/mol. The molecule has 0 aromatic carbocycles. The lowest BCUT2D eigenvalue weighted by Gasteiger charge is -2.51. The Morgan fingerprint density at radius 3 is 1.75 bits per heavy atom. The van der Waals surface area contributed by atoms with Crippen molar-refractivity contribution in [3.63, 3.8) is 0 Å². The Hall–Kier alpha value is 0.440. The second-order valence-corrected chi connectivity index (χ2v) is 11.9. The van der Waals surface area contributed by atoms with Gasteiger partial charge in [-0.25, -0.2) is 0 Å². The van der Waals surface area contributed by atoms with Crippen LogP contribution in [0.25, 0.3) is 0 Å². The van der Waals surface area contributed by atoms with E-state index in [0.717, 1.165) is 17.8 Å². The highest BCUT2D eigenvalue weighted by molar-refractivity contribution is 7.85. The summed E-state index contributed by atoms with van der Waals surface area (Å²) in [5, 5.41) is 0.615. The zero-order valence-electron chi connectivity index (χ0n) is 20.4. The van der Waals surface area contributed by atoms with Crippen LogP contribution in [0.4, 0.5) is 0 Å². The minimum Gasteiger partial charge on any atom is -0.174 e. The minimum absolute atomic E-state index is 0.305. The Morgan fingerprint density at radius 2 is 1.32 bits per heavy atom. The SMILES string of the molecule is C=CC1C(C)C(C)C(C)C(C)C1C(S)C(S)C(C)C(C(C)C)C(C)C(C)CC. The summed E-state index contributed by atoms with van der Waals surface area (Å²) < 4.78 is 0. The van der Waals surface area contributed by atoms with Gasteiger partial charge in [0, 0.05) is 10.5 Å². The van der Waals surface area contributed by atoms with Crippen molar-refractivity contribution in [2.45, 2.75) is 86.2 Å². The first-order valence-corrected chi connectivity index (χ1v) is 12.9. The topological polar surface area (TPSA) is 0 Å². The summed E-state index contributed by atoms with van der Waals surface area (Å²) in [6.45, 7) is 28.4. The highest BCUT2D eigenvalue weighted by Gasteiger charge is 2.47. The average Bonchev–Trinajstić information content (AvgIpc) is 2.66. The molecule has 0 N–H and O–H groups in total. The summed E-state index contributed by atoms with van der Waals surface area (Å²) in [5.41, 5.74) is 0. The van der Waals surface area contributed by atoms with Gasteiger partial charge in [0.2, 0.25) is 0 Å². The molecular formula is C26H50S2. The number of rotatable bonds is 9. The zero-order valence-corrected chi connectivity index (χ0v) is 22.2. The summed E-state index contributed by atoms with van der Waals surface area (Å²) in [6.07, 6.45) is 3.48. The summed E-state index contributed by atoms with van der Waals surface area (Å²) in [7, 11) is 0. The lowest BCUT2D eigenvalue weighted by atomic mass is 9.57. The van der Waals surface area contributed by atoms with Gasteiger partial charge in [0.25, 0.3) is 0 Å². The fourth-order valence-corrected chi connectivity index (χ4v) is 7.62. The van der Waals surface area contributed by atoms with Crippen molar-refractivity contribution in [3.8, 4) is 0 Å². The quantitative estimate of drug-likeness (QED) is 0.270. The molecule has 1 saturated carbocycles. The van der Waals surface area contributed by atoms with E-state index in [-0.39, 0.29) is 0 Å². The number of thiol groups is 2. The molecule has 0 heterocycles. The molecule has 0 nitrogen and oxygen atoms in total. The fraction of sp³-hybridized carbons (Fsp3) is 0.923. The summed E-state index contributed by atoms with van der Waals surface area (Å²) in [5.74, 6) is 7.25. The van der Waals surface area contributed by atoms with Crippen LogP contribution in [-0.2, 0) is 0 Å². The summed E-state index contributed by atoms with van der Waals surface area (Å²) >= 11 is 10.5. The molecule has 0 aromatic rings. The van der Waals surface area contributed by atoms with Crippen LogP contribution in [-0.4, -0.2) is 10.5 Å². The maximum atomic E-state index is 5.27. The fourth-order valence-electron chi connectivity index (χ4n) is 6.48. The Morgan fingerprint density at radius 1 is 0.821 bits per heavy atom. The maximum absolute atomic E-state index is 5.27. The standard InChI is InChI=1S/C26H50S2/c1-12-15(5)16(6)23(14(3)4)21(11)25(27)26(28)24-20(10)18(8)17(7)19(9)22(24)13-2/h13-28H,2,12H2,1,3-11H3. The molecule has 28 heavy (non-hydrogen) atoms. The number of allylic oxidation sites excluding steroid dienone is 1. The van der Waals surface area contributed by atoms with Gasteiger partial charge < -0.3 is 0 Å². The molecule has 1 rings (SSSR count). The van der Waals surface area contributed by atoms with Crippen LogP contribution in [0, 0.1) is 65.1 Å². The van der Waals surface area contributed by atoms with E-state index in [9.17, 15) is 0 Å². The molecule has 12 atom stereocenters. The molecule has 0 amide bonds. The predicted octanol–water partition coefficient (Wildman–Crippen LogP) is 8.15. The van der Waals surface area contributed by atoms with E-state index in [0.29, 0.717) is 57.8 Å². The van der Waals surface area contributed by atoms with Crippen LogP contribution in [0.5, 0.6) is 0 Å². The van der Waals surface area contributed by atoms with Gasteiger partial charge in [0.05, 0.1) is 0 Å². The third-order valence-corrected chi connectivity index (χ3v) is 10.9. The zero-order chi connectivity index (χ0) is 21.9. The van der Waals surface area contributed by atoms with Gasteiger partial charge in [0.15, 0.2) is 0 Å². The van der Waals surface area contributed by atoms with Gasteiger partial charge >= 0.3 is 0 Å². The lowest BCUT2D eigenvalue weighted by Crippen LogP contribution is -2.49. The Bertz CT molecular complexity index is 473. The third-order valence-electron chi connectivity index (χ3n) is 9.23. The largest absolute Gasteiger partial charge is 0.174 e. The molecule has 0 bridgehead atoms. The van der Waals surface area contributed by atoms with E-state index in [4.69, 9.17) is 25.3 Å². The lowest BCUT2D eigenvalue weighted by molar-refractivity contribution is 0.0283. The van der Waals surface area contributed by atoms with Gasteiger partial charge in [-0.3, -0.25) is 0 Å². The van der Waals surface area contributed by atoms with E-state index in [1.54, 1.807) is 0 Å². The molecule has 12 unspecified atom stereocenters. The predicted molar refractivity (Wildman–Crippen MR) is 135 cm³/mol. The van der Waals surface area contributed by atoms with E-state index in [1.807, 2.05) is 0 Å². The van der Waals surface area contributed by atoms with Crippen LogP contribution in [0.1, 0.15) is 75.7 Å². The van der Waals surface area contributed by atoms with Gasteiger partial charge in [-0.05, 0) is 65.1 Å². The molecule has 0 saturated heterocycles. The Labute approximate surface area is 188 Å². The monoisotopic (exact) mass is 426 g/mol. The Kier molecular flexibility index (Phi) is 10.6. The molecule has 1 aliphatic rings. The van der Waals surface area contributed by atoms with E-state index < -0.39 is 0 Å². The highest BCUT2D eigenvalue weighted by Crippen LogP contribution is 2.51. The van der Waals surface area contributed by atoms with Crippen molar-refractivity contribution in [3.05, 3.63) is 12.7 Å². The van der Waals surface area contributed by atoms with Gasteiger partial charge in [-0.2, -0.15) is 25.3 Å². The van der Waals surface area contributed by atoms with Gasteiger partial charge in [0.1, 0.15) is 0 Å². The molecule has 0 spiro atoms. The second-order valence-electron chi connectivity index (χ2n) is 10.7.